The molecule has 7 nitrogen and oxygen atoms in total. The number of carbonyl (C=O) groups is 4. The highest BCUT2D eigenvalue weighted by molar-refractivity contribution is 9.10. The third-order valence-electron chi connectivity index (χ3n) is 6.87. The molecule has 1 heterocycles. The fourth-order valence-electron chi connectivity index (χ4n) is 5.37. The molecule has 3 amide bonds. The lowest BCUT2D eigenvalue weighted by atomic mass is 9.80. The topological polar surface area (TPSA) is 92.8 Å². The molecule has 2 saturated carbocycles. The Morgan fingerprint density at radius 1 is 1.03 bits per heavy atom. The van der Waals surface area contributed by atoms with Crippen molar-refractivity contribution in [3.05, 3.63) is 57.5 Å². The average Bonchev–Trinajstić information content (AvgIpc) is 3.44. The van der Waals surface area contributed by atoms with Crippen molar-refractivity contribution in [1.82, 2.24) is 0 Å². The summed E-state index contributed by atoms with van der Waals surface area (Å²) >= 11 is 22.2. The summed E-state index contributed by atoms with van der Waals surface area (Å²) in [6.07, 6.45) is 0.670. The Morgan fingerprint density at radius 3 is 2.31 bits per heavy atom. The zero-order valence-electron chi connectivity index (χ0n) is 17.9. The molecule has 1 aliphatic heterocycles. The van der Waals surface area contributed by atoms with Gasteiger partial charge in [0.05, 0.1) is 44.6 Å². The second-order valence-electron chi connectivity index (χ2n) is 8.81. The minimum absolute atomic E-state index is 0.100. The molecule has 5 rings (SSSR count). The number of amides is 3. The maximum absolute atomic E-state index is 13.2. The smallest absolute Gasteiger partial charge is 0.338 e. The van der Waals surface area contributed by atoms with Gasteiger partial charge in [-0.05, 0) is 54.7 Å². The number of anilines is 2. The largest absolute Gasteiger partial charge is 0.452 e. The van der Waals surface area contributed by atoms with Gasteiger partial charge in [0.2, 0.25) is 11.8 Å². The van der Waals surface area contributed by atoms with E-state index >= 15 is 0 Å². The molecule has 2 aromatic carbocycles. The van der Waals surface area contributed by atoms with Crippen LogP contribution >= 0.6 is 50.7 Å². The predicted molar refractivity (Wildman–Crippen MR) is 135 cm³/mol. The lowest BCUT2D eigenvalue weighted by molar-refractivity contribution is -0.123. The minimum Gasteiger partial charge on any atom is -0.452 e. The van der Waals surface area contributed by atoms with Gasteiger partial charge in [-0.2, -0.15) is 0 Å². The molecule has 35 heavy (non-hydrogen) atoms. The summed E-state index contributed by atoms with van der Waals surface area (Å²) in [5.41, 5.74) is 0.747. The van der Waals surface area contributed by atoms with E-state index in [4.69, 9.17) is 39.5 Å². The summed E-state index contributed by atoms with van der Waals surface area (Å²) in [6.45, 7) is -0.543. The van der Waals surface area contributed by atoms with E-state index in [0.29, 0.717) is 17.1 Å². The molecule has 1 saturated heterocycles. The lowest BCUT2D eigenvalue weighted by Crippen LogP contribution is -2.37. The molecule has 3 fully saturated rings. The van der Waals surface area contributed by atoms with Crippen LogP contribution in [0.1, 0.15) is 16.8 Å². The fraction of sp³-hybridized carbons (Fsp3) is 0.333. The van der Waals surface area contributed by atoms with E-state index in [1.54, 1.807) is 30.3 Å². The number of ether oxygens (including phenoxy) is 1. The van der Waals surface area contributed by atoms with Gasteiger partial charge in [-0.25, -0.2) is 4.79 Å². The van der Waals surface area contributed by atoms with E-state index in [2.05, 4.69) is 21.2 Å². The molecule has 182 valence electrons. The number of halogens is 4. The summed E-state index contributed by atoms with van der Waals surface area (Å²) in [6, 6.07) is 10.9. The molecule has 2 aliphatic carbocycles. The van der Waals surface area contributed by atoms with Crippen molar-refractivity contribution >= 4 is 85.8 Å². The molecule has 2 aromatic rings. The number of benzene rings is 2. The molecule has 1 N–H and O–H groups in total. The lowest BCUT2D eigenvalue weighted by Gasteiger charge is -2.28. The van der Waals surface area contributed by atoms with Crippen LogP contribution in [0.4, 0.5) is 11.4 Å². The van der Waals surface area contributed by atoms with Crippen molar-refractivity contribution in [2.24, 2.45) is 23.7 Å². The van der Waals surface area contributed by atoms with E-state index in [9.17, 15) is 19.2 Å². The van der Waals surface area contributed by atoms with Gasteiger partial charge in [-0.15, -0.1) is 23.2 Å². The number of alkyl halides is 2. The summed E-state index contributed by atoms with van der Waals surface area (Å²) in [5.74, 6) is -3.24. The molecule has 0 aromatic heterocycles. The van der Waals surface area contributed by atoms with Crippen molar-refractivity contribution in [1.29, 1.82) is 0 Å². The van der Waals surface area contributed by atoms with Crippen molar-refractivity contribution < 1.29 is 23.9 Å². The highest BCUT2D eigenvalue weighted by atomic mass is 79.9. The third-order valence-corrected chi connectivity index (χ3v) is 8.99. The monoisotopic (exact) mass is 598 g/mol. The first-order valence-electron chi connectivity index (χ1n) is 10.9. The van der Waals surface area contributed by atoms with Gasteiger partial charge < -0.3 is 10.1 Å². The average molecular weight is 601 g/mol. The highest BCUT2D eigenvalue weighted by Crippen LogP contribution is 2.59. The van der Waals surface area contributed by atoms with Crippen LogP contribution in [-0.4, -0.2) is 41.1 Å². The third kappa shape index (κ3) is 4.24. The quantitative estimate of drug-likeness (QED) is 0.301. The van der Waals surface area contributed by atoms with Gasteiger partial charge in [0.15, 0.2) is 6.61 Å². The van der Waals surface area contributed by atoms with Crippen LogP contribution in [0.25, 0.3) is 0 Å². The summed E-state index contributed by atoms with van der Waals surface area (Å²) in [4.78, 5) is 52.3. The van der Waals surface area contributed by atoms with Gasteiger partial charge >= 0.3 is 5.97 Å². The molecular weight excluding hydrogens is 583 g/mol. The van der Waals surface area contributed by atoms with Gasteiger partial charge in [0, 0.05) is 4.47 Å². The zero-order chi connectivity index (χ0) is 25.0. The van der Waals surface area contributed by atoms with Crippen LogP contribution in [0, 0.1) is 23.7 Å². The van der Waals surface area contributed by atoms with Crippen LogP contribution < -0.4 is 10.2 Å². The maximum atomic E-state index is 13.2. The van der Waals surface area contributed by atoms with E-state index in [1.165, 1.54) is 12.1 Å². The van der Waals surface area contributed by atoms with Gasteiger partial charge in [0.25, 0.3) is 5.91 Å². The van der Waals surface area contributed by atoms with E-state index in [-0.39, 0.29) is 45.7 Å². The van der Waals surface area contributed by atoms with E-state index in [0.717, 1.165) is 9.37 Å². The Labute approximate surface area is 224 Å². The maximum Gasteiger partial charge on any atom is 0.338 e. The number of carbonyl (C=O) groups excluding carboxylic acids is 4. The van der Waals surface area contributed by atoms with Gasteiger partial charge in [-0.3, -0.25) is 19.3 Å². The Kier molecular flexibility index (Phi) is 6.59. The molecule has 0 radical (unpaired) electrons. The van der Waals surface area contributed by atoms with Gasteiger partial charge in [0.1, 0.15) is 0 Å². The first-order valence-corrected chi connectivity index (χ1v) is 12.9. The molecule has 2 bridgehead atoms. The van der Waals surface area contributed by atoms with E-state index in [1.807, 2.05) is 0 Å². The first kappa shape index (κ1) is 24.6. The number of fused-ring (bicyclic) bond motifs is 5. The molecule has 6 atom stereocenters. The van der Waals surface area contributed by atoms with Crippen LogP contribution in [0.2, 0.25) is 5.02 Å². The van der Waals surface area contributed by atoms with Crippen LogP contribution in [-0.2, 0) is 19.1 Å². The van der Waals surface area contributed by atoms with E-state index < -0.39 is 30.3 Å². The van der Waals surface area contributed by atoms with Crippen molar-refractivity contribution in [3.63, 3.8) is 0 Å². The number of hydrogen-bond acceptors (Lipinski definition) is 5. The number of esters is 1. The number of nitrogens with one attached hydrogen (secondary N) is 1. The Morgan fingerprint density at radius 2 is 1.69 bits per heavy atom. The van der Waals surface area contributed by atoms with Crippen LogP contribution in [0.15, 0.2) is 46.9 Å². The minimum atomic E-state index is -0.773. The summed E-state index contributed by atoms with van der Waals surface area (Å²) in [5, 5.41) is 2.20. The SMILES string of the molecule is O=C(COC(=O)c1cccc(N2C(=O)[C@@H]3[C@H]4C[C@@H]([C@H](Cl)[C@H]4Cl)[C@H]3C2=O)c1)Nc1ccc(Br)cc1Cl. The standard InChI is InChI=1S/C24H18BrCl3N2O5/c25-11-4-5-16(15(26)7-11)29-17(31)9-35-24(34)10-2-1-3-12(6-10)30-22(32)18-13-8-14(19(18)23(30)33)21(28)20(13)27/h1-7,13-14,18-21H,8-9H2,(H,29,31)/t13-,14-,18-,19-,20+,21+/m1/s1. The van der Waals surface area contributed by atoms with Crippen molar-refractivity contribution in [3.8, 4) is 0 Å². The number of imide groups is 1. The highest BCUT2D eigenvalue weighted by Gasteiger charge is 2.66. The van der Waals surface area contributed by atoms with Crippen molar-refractivity contribution in [2.45, 2.75) is 17.2 Å². The Bertz CT molecular complexity index is 1230. The Hall–Kier alpha value is -2.13. The number of nitrogens with zero attached hydrogens (tertiary/aromatic N) is 1. The fourth-order valence-corrected chi connectivity index (χ4v) is 6.98. The second kappa shape index (κ2) is 9.39. The molecule has 0 spiro atoms. The molecule has 11 heteroatoms. The normalized spacial score (nSPS) is 28.9. The van der Waals surface area contributed by atoms with Crippen molar-refractivity contribution in [2.75, 3.05) is 16.8 Å². The van der Waals surface area contributed by atoms with Crippen LogP contribution in [0.3, 0.4) is 0 Å². The second-order valence-corrected chi connectivity index (χ2v) is 11.1. The number of hydrogen-bond donors (Lipinski definition) is 1. The first-order chi connectivity index (χ1) is 16.7. The molecule has 3 aliphatic rings. The van der Waals surface area contributed by atoms with Crippen LogP contribution in [0.5, 0.6) is 0 Å². The summed E-state index contributed by atoms with van der Waals surface area (Å²) in [7, 11) is 0. The predicted octanol–water partition coefficient (Wildman–Crippen LogP) is 4.87. The molecule has 0 unspecified atom stereocenters. The summed E-state index contributed by atoms with van der Waals surface area (Å²) < 4.78 is 5.87. The van der Waals surface area contributed by atoms with Gasteiger partial charge in [-0.1, -0.05) is 33.6 Å². The number of rotatable bonds is 5. The Balaban J connectivity index is 1.26. The molecular formula is C24H18BrCl3N2O5. The zero-order valence-corrected chi connectivity index (χ0v) is 21.8.